The summed E-state index contributed by atoms with van der Waals surface area (Å²) >= 11 is 0. The number of ether oxygens (including phenoxy) is 4. The summed E-state index contributed by atoms with van der Waals surface area (Å²) in [5.41, 5.74) is 3.46. The molecule has 0 spiro atoms. The lowest BCUT2D eigenvalue weighted by Gasteiger charge is -2.27. The van der Waals surface area contributed by atoms with Crippen molar-refractivity contribution in [2.24, 2.45) is 0 Å². The van der Waals surface area contributed by atoms with Gasteiger partial charge in [0.15, 0.2) is 24.2 Å². The van der Waals surface area contributed by atoms with Crippen LogP contribution in [0.4, 0.5) is 0 Å². The van der Waals surface area contributed by atoms with E-state index in [9.17, 15) is 14.4 Å². The third-order valence-corrected chi connectivity index (χ3v) is 6.28. The number of nitrogens with zero attached hydrogens (tertiary/aromatic N) is 1. The van der Waals surface area contributed by atoms with Crippen molar-refractivity contribution in [3.63, 3.8) is 0 Å². The van der Waals surface area contributed by atoms with E-state index in [1.165, 1.54) is 0 Å². The van der Waals surface area contributed by atoms with Crippen molar-refractivity contribution in [3.8, 4) is 11.5 Å². The largest absolute Gasteiger partial charge is 0.486 e. The number of Topliss-reactive ketones (excluding diaryl/α,β-unsaturated/α-hetero) is 1. The van der Waals surface area contributed by atoms with Crippen molar-refractivity contribution in [2.45, 2.75) is 47.3 Å². The van der Waals surface area contributed by atoms with E-state index in [-0.39, 0.29) is 29.8 Å². The average Bonchev–Trinajstić information content (AvgIpc) is 3.32. The Balaban J connectivity index is 1.42. The molecule has 1 atom stereocenters. The van der Waals surface area contributed by atoms with Gasteiger partial charge in [-0.1, -0.05) is 12.1 Å². The highest BCUT2D eigenvalue weighted by Gasteiger charge is 2.26. The van der Waals surface area contributed by atoms with Gasteiger partial charge in [-0.25, -0.2) is 9.59 Å². The first-order valence-corrected chi connectivity index (χ1v) is 11.8. The molecule has 0 saturated carbocycles. The lowest BCUT2D eigenvalue weighted by Crippen LogP contribution is -2.33. The zero-order valence-corrected chi connectivity index (χ0v) is 21.1. The summed E-state index contributed by atoms with van der Waals surface area (Å²) in [5, 5.41) is 0. The molecule has 0 amide bonds. The normalized spacial score (nSPS) is 14.4. The summed E-state index contributed by atoms with van der Waals surface area (Å²) in [4.78, 5) is 40.7. The number of fused-ring (bicyclic) bond motifs is 1. The molecule has 3 aromatic rings. The highest BCUT2D eigenvalue weighted by Crippen LogP contribution is 2.31. The van der Waals surface area contributed by atoms with Gasteiger partial charge in [-0.2, -0.15) is 0 Å². The standard InChI is InChI=1S/C27H30N2O7/c1-6-33-27(32)25-16(3)24(17(4)28-25)26(31)35-14-21(30)20-11-15(2)29(18(20)5)12-19-13-34-22-9-7-8-10-23(22)36-19/h7-11,19,28H,6,12-14H2,1-5H3/t19-/m1/s1. The van der Waals surface area contributed by atoms with Crippen LogP contribution in [0.1, 0.15) is 60.8 Å². The maximum Gasteiger partial charge on any atom is 0.355 e. The average molecular weight is 495 g/mol. The molecule has 0 aliphatic carbocycles. The SMILES string of the molecule is CCOC(=O)c1[nH]c(C)c(C(=O)OCC(=O)c2cc(C)n(C[C@@H]3COc4ccccc4O3)c2C)c1C. The fraction of sp³-hybridized carbons (Fsp3) is 0.370. The maximum atomic E-state index is 13.0. The van der Waals surface area contributed by atoms with Gasteiger partial charge in [0, 0.05) is 22.6 Å². The quantitative estimate of drug-likeness (QED) is 0.371. The Kier molecular flexibility index (Phi) is 7.19. The summed E-state index contributed by atoms with van der Waals surface area (Å²) in [6.45, 7) is 9.48. The van der Waals surface area contributed by atoms with Crippen LogP contribution in [0.2, 0.25) is 0 Å². The van der Waals surface area contributed by atoms with Crippen molar-refractivity contribution in [3.05, 3.63) is 69.8 Å². The first-order chi connectivity index (χ1) is 17.2. The van der Waals surface area contributed by atoms with Crippen molar-refractivity contribution in [2.75, 3.05) is 19.8 Å². The summed E-state index contributed by atoms with van der Waals surface area (Å²) in [7, 11) is 0. The first kappa shape index (κ1) is 25.1. The topological polar surface area (TPSA) is 109 Å². The van der Waals surface area contributed by atoms with Crippen LogP contribution in [0.15, 0.2) is 30.3 Å². The van der Waals surface area contributed by atoms with Crippen LogP contribution in [0.25, 0.3) is 0 Å². The number of carbonyl (C=O) groups is 3. The Morgan fingerprint density at radius 3 is 2.50 bits per heavy atom. The molecule has 0 radical (unpaired) electrons. The number of H-pyrrole nitrogens is 1. The molecule has 9 nitrogen and oxygen atoms in total. The first-order valence-electron chi connectivity index (χ1n) is 11.8. The molecular weight excluding hydrogens is 464 g/mol. The summed E-state index contributed by atoms with van der Waals surface area (Å²) in [6.07, 6.45) is -0.210. The third-order valence-electron chi connectivity index (χ3n) is 6.28. The number of hydrogen-bond acceptors (Lipinski definition) is 7. The molecular formula is C27H30N2O7. The lowest BCUT2D eigenvalue weighted by atomic mass is 10.1. The van der Waals surface area contributed by atoms with Crippen LogP contribution in [-0.2, 0) is 16.0 Å². The molecule has 9 heteroatoms. The summed E-state index contributed by atoms with van der Waals surface area (Å²) < 4.78 is 24.2. The second-order valence-electron chi connectivity index (χ2n) is 8.74. The molecule has 36 heavy (non-hydrogen) atoms. The second kappa shape index (κ2) is 10.3. The van der Waals surface area contributed by atoms with Gasteiger partial charge in [-0.15, -0.1) is 0 Å². The number of hydrogen-bond donors (Lipinski definition) is 1. The fourth-order valence-electron chi connectivity index (χ4n) is 4.47. The minimum Gasteiger partial charge on any atom is -0.486 e. The number of esters is 2. The summed E-state index contributed by atoms with van der Waals surface area (Å²) in [6, 6.07) is 9.30. The predicted molar refractivity (Wildman–Crippen MR) is 131 cm³/mol. The molecule has 4 rings (SSSR count). The van der Waals surface area contributed by atoms with Gasteiger partial charge in [0.25, 0.3) is 0 Å². The van der Waals surface area contributed by atoms with Crippen LogP contribution in [0, 0.1) is 27.7 Å². The third kappa shape index (κ3) is 4.86. The van der Waals surface area contributed by atoms with Gasteiger partial charge >= 0.3 is 11.9 Å². The number of aromatic nitrogens is 2. The van der Waals surface area contributed by atoms with Gasteiger partial charge in [0.1, 0.15) is 12.3 Å². The smallest absolute Gasteiger partial charge is 0.355 e. The predicted octanol–water partition coefficient (Wildman–Crippen LogP) is 4.11. The van der Waals surface area contributed by atoms with Crippen LogP contribution < -0.4 is 9.47 Å². The monoisotopic (exact) mass is 494 g/mol. The van der Waals surface area contributed by atoms with E-state index in [2.05, 4.69) is 4.98 Å². The minimum absolute atomic E-state index is 0.202. The Morgan fingerprint density at radius 1 is 1.06 bits per heavy atom. The molecule has 3 heterocycles. The molecule has 0 bridgehead atoms. The van der Waals surface area contributed by atoms with E-state index in [4.69, 9.17) is 18.9 Å². The van der Waals surface area contributed by atoms with E-state index >= 15 is 0 Å². The van der Waals surface area contributed by atoms with Gasteiger partial charge in [0.2, 0.25) is 5.78 Å². The zero-order valence-electron chi connectivity index (χ0n) is 21.1. The molecule has 1 aliphatic rings. The van der Waals surface area contributed by atoms with E-state index in [1.807, 2.05) is 42.7 Å². The van der Waals surface area contributed by atoms with Crippen molar-refractivity contribution >= 4 is 17.7 Å². The van der Waals surface area contributed by atoms with Gasteiger partial charge < -0.3 is 28.5 Å². The number of carbonyl (C=O) groups excluding carboxylic acids is 3. The Morgan fingerprint density at radius 2 is 1.78 bits per heavy atom. The number of aromatic amines is 1. The lowest BCUT2D eigenvalue weighted by molar-refractivity contribution is 0.0473. The number of ketones is 1. The van der Waals surface area contributed by atoms with Gasteiger partial charge in [-0.05, 0) is 58.4 Å². The van der Waals surface area contributed by atoms with Crippen molar-refractivity contribution in [1.82, 2.24) is 9.55 Å². The Labute approximate surface area is 209 Å². The van der Waals surface area contributed by atoms with E-state index in [0.717, 1.165) is 17.1 Å². The Bertz CT molecular complexity index is 1320. The summed E-state index contributed by atoms with van der Waals surface area (Å²) in [5.74, 6) is -0.122. The highest BCUT2D eigenvalue weighted by molar-refractivity contribution is 6.02. The fourth-order valence-corrected chi connectivity index (χ4v) is 4.47. The van der Waals surface area contributed by atoms with Gasteiger partial charge in [-0.3, -0.25) is 4.79 Å². The molecule has 1 aromatic carbocycles. The number of benzene rings is 1. The zero-order chi connectivity index (χ0) is 26.0. The van der Waals surface area contributed by atoms with Crippen molar-refractivity contribution in [1.29, 1.82) is 0 Å². The van der Waals surface area contributed by atoms with Crippen LogP contribution in [0.5, 0.6) is 11.5 Å². The van der Waals surface area contributed by atoms with E-state index in [1.54, 1.807) is 26.8 Å². The molecule has 190 valence electrons. The molecule has 0 fully saturated rings. The second-order valence-corrected chi connectivity index (χ2v) is 8.74. The molecule has 2 aromatic heterocycles. The Hall–Kier alpha value is -4.01. The van der Waals surface area contributed by atoms with Crippen LogP contribution in [0.3, 0.4) is 0 Å². The molecule has 1 aliphatic heterocycles. The van der Waals surface area contributed by atoms with E-state index in [0.29, 0.717) is 35.7 Å². The van der Waals surface area contributed by atoms with Crippen LogP contribution >= 0.6 is 0 Å². The molecule has 1 N–H and O–H groups in total. The van der Waals surface area contributed by atoms with Crippen LogP contribution in [-0.4, -0.2) is 53.2 Å². The molecule has 0 saturated heterocycles. The number of para-hydroxylation sites is 2. The minimum atomic E-state index is -0.676. The van der Waals surface area contributed by atoms with Crippen molar-refractivity contribution < 1.29 is 33.3 Å². The number of rotatable bonds is 8. The number of aryl methyl sites for hydroxylation is 2. The molecule has 0 unspecified atom stereocenters. The van der Waals surface area contributed by atoms with Gasteiger partial charge in [0.05, 0.1) is 18.7 Å². The maximum absolute atomic E-state index is 13.0. The highest BCUT2D eigenvalue weighted by atomic mass is 16.6. The van der Waals surface area contributed by atoms with E-state index < -0.39 is 18.5 Å². The number of nitrogens with one attached hydrogen (secondary N) is 1.